The fourth-order valence-electron chi connectivity index (χ4n) is 1.50. The van der Waals surface area contributed by atoms with Gasteiger partial charge in [-0.25, -0.2) is 0 Å². The second kappa shape index (κ2) is 6.12. The number of esters is 1. The van der Waals surface area contributed by atoms with Crippen molar-refractivity contribution in [3.8, 4) is 11.8 Å². The molecule has 0 unspecified atom stereocenters. The highest BCUT2D eigenvalue weighted by Gasteiger charge is 2.15. The van der Waals surface area contributed by atoms with Crippen molar-refractivity contribution in [1.82, 2.24) is 0 Å². The van der Waals surface area contributed by atoms with E-state index in [2.05, 4.69) is 4.74 Å². The summed E-state index contributed by atoms with van der Waals surface area (Å²) in [6.45, 7) is 0. The highest BCUT2D eigenvalue weighted by molar-refractivity contribution is 6.17. The van der Waals surface area contributed by atoms with E-state index in [0.29, 0.717) is 22.4 Å². The van der Waals surface area contributed by atoms with E-state index in [1.165, 1.54) is 14.2 Å². The molecule has 5 heteroatoms. The first kappa shape index (κ1) is 13.3. The molecule has 0 saturated heterocycles. The number of nitrogens with zero attached hydrogens (tertiary/aromatic N) is 1. The molecule has 0 aliphatic heterocycles. The molecule has 0 aliphatic rings. The Kier molecular flexibility index (Phi) is 4.80. The van der Waals surface area contributed by atoms with E-state index in [1.54, 1.807) is 12.1 Å². The molecule has 90 valence electrons. The Morgan fingerprint density at radius 2 is 2.06 bits per heavy atom. The Bertz CT molecular complexity index is 466. The van der Waals surface area contributed by atoms with Gasteiger partial charge < -0.3 is 9.47 Å². The van der Waals surface area contributed by atoms with Crippen LogP contribution in [0.15, 0.2) is 12.1 Å². The van der Waals surface area contributed by atoms with Gasteiger partial charge >= 0.3 is 5.97 Å². The Hall–Kier alpha value is -1.73. The molecular weight excluding hydrogens is 242 g/mol. The van der Waals surface area contributed by atoms with Crippen molar-refractivity contribution in [1.29, 1.82) is 5.26 Å². The van der Waals surface area contributed by atoms with E-state index in [-0.39, 0.29) is 18.3 Å². The summed E-state index contributed by atoms with van der Waals surface area (Å²) in [7, 11) is 2.77. The molecule has 0 atom stereocenters. The number of carbonyl (C=O) groups is 1. The zero-order valence-corrected chi connectivity index (χ0v) is 10.4. The molecule has 0 radical (unpaired) electrons. The van der Waals surface area contributed by atoms with Gasteiger partial charge in [-0.05, 0) is 5.56 Å². The Morgan fingerprint density at radius 3 is 2.53 bits per heavy atom. The minimum Gasteiger partial charge on any atom is -0.495 e. The first-order valence-electron chi connectivity index (χ1n) is 4.89. The molecule has 0 spiro atoms. The van der Waals surface area contributed by atoms with Gasteiger partial charge in [-0.3, -0.25) is 4.79 Å². The minimum absolute atomic E-state index is 0.0664. The van der Waals surface area contributed by atoms with E-state index in [1.807, 2.05) is 6.07 Å². The highest BCUT2D eigenvalue weighted by Crippen LogP contribution is 2.28. The summed E-state index contributed by atoms with van der Waals surface area (Å²) in [6.07, 6.45) is 0.0664. The summed E-state index contributed by atoms with van der Waals surface area (Å²) < 4.78 is 9.75. The highest BCUT2D eigenvalue weighted by atomic mass is 35.5. The van der Waals surface area contributed by atoms with Crippen LogP contribution in [0.1, 0.15) is 16.7 Å². The van der Waals surface area contributed by atoms with Gasteiger partial charge in [0.2, 0.25) is 0 Å². The third kappa shape index (κ3) is 2.89. The average molecular weight is 254 g/mol. The number of alkyl halides is 1. The predicted molar refractivity (Wildman–Crippen MR) is 63.0 cm³/mol. The molecule has 0 N–H and O–H groups in total. The van der Waals surface area contributed by atoms with Crippen LogP contribution in [0.2, 0.25) is 0 Å². The molecule has 0 aromatic heterocycles. The number of hydrogen-bond acceptors (Lipinski definition) is 4. The molecule has 0 fully saturated rings. The van der Waals surface area contributed by atoms with Crippen LogP contribution in [0.25, 0.3) is 0 Å². The summed E-state index contributed by atoms with van der Waals surface area (Å²) >= 11 is 5.73. The zero-order chi connectivity index (χ0) is 12.8. The Morgan fingerprint density at radius 1 is 1.41 bits per heavy atom. The van der Waals surface area contributed by atoms with Gasteiger partial charge in [0.05, 0.1) is 26.2 Å². The number of benzene rings is 1. The second-order valence-corrected chi connectivity index (χ2v) is 3.56. The van der Waals surface area contributed by atoms with Gasteiger partial charge in [-0.2, -0.15) is 5.26 Å². The number of ether oxygens (including phenoxy) is 2. The van der Waals surface area contributed by atoms with Crippen LogP contribution >= 0.6 is 11.6 Å². The third-order valence-electron chi connectivity index (χ3n) is 2.35. The van der Waals surface area contributed by atoms with E-state index in [4.69, 9.17) is 21.6 Å². The standard InChI is InChI=1S/C12H12ClNO3/c1-16-11(15)5-8-3-4-9(6-13)10(7-14)12(8)17-2/h3-4H,5-6H2,1-2H3. The molecule has 0 bridgehead atoms. The van der Waals surface area contributed by atoms with Crippen LogP contribution in [0.3, 0.4) is 0 Å². The van der Waals surface area contributed by atoms with E-state index >= 15 is 0 Å². The lowest BCUT2D eigenvalue weighted by Crippen LogP contribution is -2.07. The lowest BCUT2D eigenvalue weighted by Gasteiger charge is -2.11. The number of methoxy groups -OCH3 is 2. The van der Waals surface area contributed by atoms with Crippen molar-refractivity contribution in [2.45, 2.75) is 12.3 Å². The van der Waals surface area contributed by atoms with Gasteiger partial charge in [0, 0.05) is 11.4 Å². The van der Waals surface area contributed by atoms with Crippen molar-refractivity contribution in [2.75, 3.05) is 14.2 Å². The first-order chi connectivity index (χ1) is 8.17. The van der Waals surface area contributed by atoms with Gasteiger partial charge in [0.1, 0.15) is 11.8 Å². The molecular formula is C12H12ClNO3. The van der Waals surface area contributed by atoms with E-state index < -0.39 is 0 Å². The van der Waals surface area contributed by atoms with Crippen LogP contribution < -0.4 is 4.74 Å². The van der Waals surface area contributed by atoms with E-state index in [9.17, 15) is 4.79 Å². The summed E-state index contributed by atoms with van der Waals surface area (Å²) in [4.78, 5) is 11.2. The fraction of sp³-hybridized carbons (Fsp3) is 0.333. The summed E-state index contributed by atoms with van der Waals surface area (Å²) in [6, 6.07) is 5.47. The first-order valence-corrected chi connectivity index (χ1v) is 5.43. The van der Waals surface area contributed by atoms with Crippen LogP contribution in [0.5, 0.6) is 5.75 Å². The number of halogens is 1. The maximum absolute atomic E-state index is 11.2. The molecule has 4 nitrogen and oxygen atoms in total. The third-order valence-corrected chi connectivity index (χ3v) is 2.64. The van der Waals surface area contributed by atoms with Crippen LogP contribution in [0.4, 0.5) is 0 Å². The largest absolute Gasteiger partial charge is 0.495 e. The van der Waals surface area contributed by atoms with Crippen molar-refractivity contribution in [3.63, 3.8) is 0 Å². The fourth-order valence-corrected chi connectivity index (χ4v) is 1.72. The van der Waals surface area contributed by atoms with Gasteiger partial charge in [-0.15, -0.1) is 11.6 Å². The predicted octanol–water partition coefficient (Wildman–Crippen LogP) is 2.02. The normalized spacial score (nSPS) is 9.53. The summed E-state index contributed by atoms with van der Waals surface area (Å²) in [5.41, 5.74) is 1.66. The molecule has 1 rings (SSSR count). The molecule has 1 aromatic carbocycles. The maximum atomic E-state index is 11.2. The molecule has 1 aromatic rings. The second-order valence-electron chi connectivity index (χ2n) is 3.29. The monoisotopic (exact) mass is 253 g/mol. The van der Waals surface area contributed by atoms with Gasteiger partial charge in [-0.1, -0.05) is 12.1 Å². The topological polar surface area (TPSA) is 59.3 Å². The lowest BCUT2D eigenvalue weighted by atomic mass is 10.0. The zero-order valence-electron chi connectivity index (χ0n) is 9.62. The quantitative estimate of drug-likeness (QED) is 0.608. The van der Waals surface area contributed by atoms with Gasteiger partial charge in [0.15, 0.2) is 0 Å². The van der Waals surface area contributed by atoms with Crippen molar-refractivity contribution >= 4 is 17.6 Å². The van der Waals surface area contributed by atoms with Crippen LogP contribution in [-0.2, 0) is 21.8 Å². The number of hydrogen-bond donors (Lipinski definition) is 0. The van der Waals surface area contributed by atoms with Crippen molar-refractivity contribution < 1.29 is 14.3 Å². The van der Waals surface area contributed by atoms with Gasteiger partial charge in [0.25, 0.3) is 0 Å². The average Bonchev–Trinajstić information content (AvgIpc) is 2.37. The SMILES string of the molecule is COC(=O)Cc1ccc(CCl)c(C#N)c1OC. The Balaban J connectivity index is 3.24. The number of rotatable bonds is 4. The molecule has 0 amide bonds. The Labute approximate surface area is 105 Å². The smallest absolute Gasteiger partial charge is 0.310 e. The number of nitriles is 1. The maximum Gasteiger partial charge on any atom is 0.310 e. The van der Waals surface area contributed by atoms with Crippen LogP contribution in [0, 0.1) is 11.3 Å². The minimum atomic E-state index is -0.384. The lowest BCUT2D eigenvalue weighted by molar-refractivity contribution is -0.139. The number of carbonyl (C=O) groups excluding carboxylic acids is 1. The molecule has 0 heterocycles. The molecule has 0 aliphatic carbocycles. The van der Waals surface area contributed by atoms with E-state index in [0.717, 1.165) is 0 Å². The summed E-state index contributed by atoms with van der Waals surface area (Å²) in [5.74, 6) is 0.222. The summed E-state index contributed by atoms with van der Waals surface area (Å²) in [5, 5.41) is 9.07. The van der Waals surface area contributed by atoms with Crippen LogP contribution in [-0.4, -0.2) is 20.2 Å². The molecule has 0 saturated carbocycles. The molecule has 17 heavy (non-hydrogen) atoms. The van der Waals surface area contributed by atoms with Crippen molar-refractivity contribution in [2.24, 2.45) is 0 Å². The van der Waals surface area contributed by atoms with Crippen molar-refractivity contribution in [3.05, 3.63) is 28.8 Å².